The molecule has 0 fully saturated rings. The maximum Gasteiger partial charge on any atom is 0.264 e. The molecule has 0 heterocycles. The van der Waals surface area contributed by atoms with Crippen LogP contribution in [0.1, 0.15) is 12.5 Å². The fraction of sp³-hybridized carbons (Fsp3) is 0.167. The molecule has 0 saturated heterocycles. The Morgan fingerprint density at radius 2 is 1.67 bits per heavy atom. The van der Waals surface area contributed by atoms with Crippen molar-refractivity contribution in [3.8, 4) is 11.8 Å². The maximum absolute atomic E-state index is 13.3. The molecule has 0 saturated carbocycles. The topological polar surface area (TPSA) is 99.5 Å². The summed E-state index contributed by atoms with van der Waals surface area (Å²) in [6.45, 7) is 1.77. The number of hydrogen-bond acceptors (Lipinski definition) is 5. The van der Waals surface area contributed by atoms with Gasteiger partial charge in [-0.25, -0.2) is 12.8 Å². The average Bonchev–Trinajstić information content (AvgIpc) is 2.80. The van der Waals surface area contributed by atoms with E-state index in [1.165, 1.54) is 12.1 Å². The molecule has 0 aliphatic rings. The predicted octanol–water partition coefficient (Wildman–Crippen LogP) is 4.12. The highest BCUT2D eigenvalue weighted by molar-refractivity contribution is 7.92. The third-order valence-electron chi connectivity index (χ3n) is 4.65. The summed E-state index contributed by atoms with van der Waals surface area (Å²) in [5.41, 5.74) is 1.51. The van der Waals surface area contributed by atoms with E-state index in [9.17, 15) is 17.6 Å². The van der Waals surface area contributed by atoms with Crippen LogP contribution in [0.5, 0.6) is 5.75 Å². The smallest absolute Gasteiger partial charge is 0.264 e. The Morgan fingerprint density at radius 1 is 1.03 bits per heavy atom. The molecule has 0 aromatic heterocycles. The second-order valence-electron chi connectivity index (χ2n) is 6.97. The Morgan fingerprint density at radius 3 is 2.24 bits per heavy atom. The minimum absolute atomic E-state index is 0.147. The molecular formula is C24H22FN3O4S. The van der Waals surface area contributed by atoms with Gasteiger partial charge < -0.3 is 10.1 Å². The van der Waals surface area contributed by atoms with Crippen molar-refractivity contribution in [1.29, 1.82) is 5.26 Å². The standard InChI is InChI=1S/C24H22FN3O4S/c1-2-32-22-11-9-21(10-12-22)28(33(30,31)23-13-5-19(25)6-14-23)17-24(29)27-20-7-3-18(4-8-20)15-16-26/h3-14H,2,15,17H2,1H3,(H,27,29). The first kappa shape index (κ1) is 23.8. The summed E-state index contributed by atoms with van der Waals surface area (Å²) in [6, 6.07) is 19.4. The first-order valence-corrected chi connectivity index (χ1v) is 11.5. The summed E-state index contributed by atoms with van der Waals surface area (Å²) >= 11 is 0. The molecule has 7 nitrogen and oxygen atoms in total. The first-order valence-electron chi connectivity index (χ1n) is 10.1. The zero-order valence-corrected chi connectivity index (χ0v) is 18.7. The number of nitriles is 1. The number of carbonyl (C=O) groups excluding carboxylic acids is 1. The van der Waals surface area contributed by atoms with Crippen molar-refractivity contribution in [2.75, 3.05) is 22.8 Å². The van der Waals surface area contributed by atoms with E-state index in [0.717, 1.165) is 34.1 Å². The van der Waals surface area contributed by atoms with E-state index in [2.05, 4.69) is 5.32 Å². The molecule has 0 radical (unpaired) electrons. The zero-order chi connectivity index (χ0) is 23.8. The largest absolute Gasteiger partial charge is 0.494 e. The molecule has 1 N–H and O–H groups in total. The molecule has 0 spiro atoms. The highest BCUT2D eigenvalue weighted by atomic mass is 32.2. The van der Waals surface area contributed by atoms with Gasteiger partial charge in [-0.2, -0.15) is 5.26 Å². The van der Waals surface area contributed by atoms with Crippen molar-refractivity contribution >= 4 is 27.3 Å². The van der Waals surface area contributed by atoms with E-state index in [1.54, 1.807) is 36.4 Å². The van der Waals surface area contributed by atoms with E-state index in [4.69, 9.17) is 10.00 Å². The van der Waals surface area contributed by atoms with E-state index >= 15 is 0 Å². The normalized spacial score (nSPS) is 10.8. The van der Waals surface area contributed by atoms with Crippen LogP contribution in [0, 0.1) is 17.1 Å². The van der Waals surface area contributed by atoms with Gasteiger partial charge in [0.1, 0.15) is 18.1 Å². The number of anilines is 2. The van der Waals surface area contributed by atoms with Crippen LogP contribution in [0.4, 0.5) is 15.8 Å². The monoisotopic (exact) mass is 467 g/mol. The second-order valence-corrected chi connectivity index (χ2v) is 8.83. The molecule has 0 unspecified atom stereocenters. The summed E-state index contributed by atoms with van der Waals surface area (Å²) in [5, 5.41) is 11.4. The van der Waals surface area contributed by atoms with Crippen molar-refractivity contribution < 1.29 is 22.3 Å². The molecular weight excluding hydrogens is 445 g/mol. The third-order valence-corrected chi connectivity index (χ3v) is 6.43. The number of carbonyl (C=O) groups is 1. The number of hydrogen-bond donors (Lipinski definition) is 1. The van der Waals surface area contributed by atoms with Crippen LogP contribution in [0.3, 0.4) is 0 Å². The van der Waals surface area contributed by atoms with Gasteiger partial charge in [-0.05, 0) is 73.2 Å². The van der Waals surface area contributed by atoms with Crippen molar-refractivity contribution in [2.24, 2.45) is 0 Å². The number of ether oxygens (including phenoxy) is 1. The van der Waals surface area contributed by atoms with Gasteiger partial charge >= 0.3 is 0 Å². The minimum Gasteiger partial charge on any atom is -0.494 e. The van der Waals surface area contributed by atoms with Crippen LogP contribution < -0.4 is 14.4 Å². The van der Waals surface area contributed by atoms with Crippen LogP contribution >= 0.6 is 0 Å². The van der Waals surface area contributed by atoms with Crippen molar-refractivity contribution in [3.63, 3.8) is 0 Å². The number of benzene rings is 3. The maximum atomic E-state index is 13.3. The number of halogens is 1. The molecule has 170 valence electrons. The van der Waals surface area contributed by atoms with Crippen LogP contribution in [0.15, 0.2) is 77.7 Å². The summed E-state index contributed by atoms with van der Waals surface area (Å²) in [7, 11) is -4.17. The number of rotatable bonds is 9. The SMILES string of the molecule is CCOc1ccc(N(CC(=O)Nc2ccc(CC#N)cc2)S(=O)(=O)c2ccc(F)cc2)cc1. The number of nitrogens with one attached hydrogen (secondary N) is 1. The van der Waals surface area contributed by atoms with Crippen molar-refractivity contribution in [1.82, 2.24) is 0 Å². The molecule has 3 aromatic carbocycles. The number of amides is 1. The van der Waals surface area contributed by atoms with Gasteiger partial charge in [0.25, 0.3) is 10.0 Å². The Bertz CT molecular complexity index is 1240. The summed E-state index contributed by atoms with van der Waals surface area (Å²) < 4.78 is 46.3. The van der Waals surface area contributed by atoms with Gasteiger partial charge in [-0.1, -0.05) is 12.1 Å². The Hall–Kier alpha value is -3.90. The van der Waals surface area contributed by atoms with Gasteiger partial charge in [0, 0.05) is 5.69 Å². The lowest BCUT2D eigenvalue weighted by molar-refractivity contribution is -0.114. The quantitative estimate of drug-likeness (QED) is 0.510. The fourth-order valence-corrected chi connectivity index (χ4v) is 4.47. The minimum atomic E-state index is -4.17. The highest BCUT2D eigenvalue weighted by Crippen LogP contribution is 2.26. The van der Waals surface area contributed by atoms with Crippen molar-refractivity contribution in [2.45, 2.75) is 18.2 Å². The molecule has 0 aliphatic heterocycles. The molecule has 0 atom stereocenters. The Kier molecular flexibility index (Phi) is 7.64. The zero-order valence-electron chi connectivity index (χ0n) is 17.9. The van der Waals surface area contributed by atoms with E-state index in [0.29, 0.717) is 18.0 Å². The van der Waals surface area contributed by atoms with E-state index in [1.807, 2.05) is 13.0 Å². The highest BCUT2D eigenvalue weighted by Gasteiger charge is 2.27. The third kappa shape index (κ3) is 6.08. The number of sulfonamides is 1. The van der Waals surface area contributed by atoms with Gasteiger partial charge in [-0.3, -0.25) is 9.10 Å². The average molecular weight is 468 g/mol. The predicted molar refractivity (Wildman–Crippen MR) is 123 cm³/mol. The fourth-order valence-electron chi connectivity index (χ4n) is 3.05. The molecule has 3 rings (SSSR count). The molecule has 1 amide bonds. The Labute approximate surface area is 192 Å². The Balaban J connectivity index is 1.88. The van der Waals surface area contributed by atoms with Gasteiger partial charge in [0.05, 0.1) is 29.7 Å². The second kappa shape index (κ2) is 10.6. The first-order chi connectivity index (χ1) is 15.8. The van der Waals surface area contributed by atoms with Crippen LogP contribution in [-0.4, -0.2) is 27.5 Å². The molecule has 0 bridgehead atoms. The molecule has 0 aliphatic carbocycles. The van der Waals surface area contributed by atoms with Crippen LogP contribution in [-0.2, 0) is 21.2 Å². The lowest BCUT2D eigenvalue weighted by atomic mass is 10.1. The van der Waals surface area contributed by atoms with Crippen LogP contribution in [0.25, 0.3) is 0 Å². The van der Waals surface area contributed by atoms with Gasteiger partial charge in [0.2, 0.25) is 5.91 Å². The van der Waals surface area contributed by atoms with Gasteiger partial charge in [-0.15, -0.1) is 0 Å². The molecule has 9 heteroatoms. The molecule has 33 heavy (non-hydrogen) atoms. The lowest BCUT2D eigenvalue weighted by Crippen LogP contribution is -2.38. The van der Waals surface area contributed by atoms with Crippen LogP contribution in [0.2, 0.25) is 0 Å². The summed E-state index contributed by atoms with van der Waals surface area (Å²) in [6.07, 6.45) is 0.246. The van der Waals surface area contributed by atoms with E-state index in [-0.39, 0.29) is 17.0 Å². The lowest BCUT2D eigenvalue weighted by Gasteiger charge is -2.24. The summed E-state index contributed by atoms with van der Waals surface area (Å²) in [5.74, 6) is -0.580. The van der Waals surface area contributed by atoms with Crippen molar-refractivity contribution in [3.05, 3.63) is 84.2 Å². The van der Waals surface area contributed by atoms with E-state index < -0.39 is 28.3 Å². The number of nitrogens with zero attached hydrogens (tertiary/aromatic N) is 2. The van der Waals surface area contributed by atoms with Gasteiger partial charge in [0.15, 0.2) is 0 Å². The molecule has 3 aromatic rings. The summed E-state index contributed by atoms with van der Waals surface area (Å²) in [4.78, 5) is 12.6.